The Morgan fingerprint density at radius 1 is 1.00 bits per heavy atom. The van der Waals surface area contributed by atoms with E-state index < -0.39 is 0 Å². The standard InChI is InChI=1S/C26H29N9O2/c36-25-4-3-24(19-2-1-7-28-12-19)32-35(25)18-23-17-33(10-11-37-23)26-29-13-20(14-30-26)21-15-31-34(16-21)22-5-8-27-9-6-22/h1-4,7,12-16,22-23,27H,5-6,8-11,17-18H2. The van der Waals surface area contributed by atoms with Crippen molar-refractivity contribution in [1.82, 2.24) is 39.8 Å². The second-order valence-electron chi connectivity index (χ2n) is 9.38. The number of piperidine rings is 1. The lowest BCUT2D eigenvalue weighted by atomic mass is 10.1. The summed E-state index contributed by atoms with van der Waals surface area (Å²) in [7, 11) is 0. The van der Waals surface area contributed by atoms with E-state index in [9.17, 15) is 4.79 Å². The molecule has 0 radical (unpaired) electrons. The van der Waals surface area contributed by atoms with E-state index >= 15 is 0 Å². The van der Waals surface area contributed by atoms with Gasteiger partial charge in [0.05, 0.1) is 37.2 Å². The fourth-order valence-corrected chi connectivity index (χ4v) is 4.84. The number of pyridine rings is 1. The van der Waals surface area contributed by atoms with Crippen LogP contribution in [-0.2, 0) is 11.3 Å². The molecule has 1 atom stereocenters. The molecule has 11 nitrogen and oxygen atoms in total. The molecule has 11 heteroatoms. The lowest BCUT2D eigenvalue weighted by Crippen LogP contribution is -2.46. The molecule has 0 bridgehead atoms. The number of nitrogens with zero attached hydrogens (tertiary/aromatic N) is 8. The number of ether oxygens (including phenoxy) is 1. The van der Waals surface area contributed by atoms with Gasteiger partial charge in [0.25, 0.3) is 5.56 Å². The van der Waals surface area contributed by atoms with Gasteiger partial charge < -0.3 is 15.0 Å². The third kappa shape index (κ3) is 5.27. The van der Waals surface area contributed by atoms with Gasteiger partial charge in [0.1, 0.15) is 0 Å². The van der Waals surface area contributed by atoms with Crippen LogP contribution in [0.1, 0.15) is 18.9 Å². The van der Waals surface area contributed by atoms with Crippen molar-refractivity contribution in [2.45, 2.75) is 31.5 Å². The molecule has 0 aliphatic carbocycles. The summed E-state index contributed by atoms with van der Waals surface area (Å²) in [5, 5.41) is 12.5. The average molecular weight is 500 g/mol. The summed E-state index contributed by atoms with van der Waals surface area (Å²) in [5.74, 6) is 0.646. The fourth-order valence-electron chi connectivity index (χ4n) is 4.84. The first-order valence-electron chi connectivity index (χ1n) is 12.7. The molecule has 0 spiro atoms. The molecular formula is C26H29N9O2. The molecular weight excluding hydrogens is 470 g/mol. The Labute approximate surface area is 214 Å². The quantitative estimate of drug-likeness (QED) is 0.424. The SMILES string of the molecule is O=c1ccc(-c2cccnc2)nn1CC1CN(c2ncc(-c3cnn(C4CCNCC4)c3)cn2)CCO1. The van der Waals surface area contributed by atoms with Crippen molar-refractivity contribution in [2.75, 3.05) is 37.7 Å². The van der Waals surface area contributed by atoms with Crippen LogP contribution < -0.4 is 15.8 Å². The Hall–Kier alpha value is -3.96. The number of hydrogen-bond donors (Lipinski definition) is 1. The van der Waals surface area contributed by atoms with Gasteiger partial charge in [-0.3, -0.25) is 14.5 Å². The van der Waals surface area contributed by atoms with Crippen LogP contribution in [0.4, 0.5) is 5.95 Å². The molecule has 2 saturated heterocycles. The van der Waals surface area contributed by atoms with Gasteiger partial charge >= 0.3 is 0 Å². The smallest absolute Gasteiger partial charge is 0.266 e. The minimum atomic E-state index is -0.213. The molecule has 0 saturated carbocycles. The number of anilines is 1. The molecule has 4 aromatic rings. The highest BCUT2D eigenvalue weighted by atomic mass is 16.5. The third-order valence-electron chi connectivity index (χ3n) is 6.88. The van der Waals surface area contributed by atoms with E-state index in [2.05, 4.69) is 46.2 Å². The molecule has 0 aromatic carbocycles. The Morgan fingerprint density at radius 3 is 2.68 bits per heavy atom. The van der Waals surface area contributed by atoms with Crippen molar-refractivity contribution in [2.24, 2.45) is 0 Å². The van der Waals surface area contributed by atoms with E-state index in [1.807, 2.05) is 30.7 Å². The minimum absolute atomic E-state index is 0.168. The van der Waals surface area contributed by atoms with E-state index in [-0.39, 0.29) is 11.7 Å². The van der Waals surface area contributed by atoms with Crippen LogP contribution >= 0.6 is 0 Å². The Bertz CT molecular complexity index is 1380. The predicted octanol–water partition coefficient (Wildman–Crippen LogP) is 1.79. The van der Waals surface area contributed by atoms with Crippen molar-refractivity contribution >= 4 is 5.95 Å². The van der Waals surface area contributed by atoms with Crippen LogP contribution in [-0.4, -0.2) is 73.4 Å². The Balaban J connectivity index is 1.12. The first-order chi connectivity index (χ1) is 18.2. The third-order valence-corrected chi connectivity index (χ3v) is 6.88. The average Bonchev–Trinajstić information content (AvgIpc) is 3.46. The second-order valence-corrected chi connectivity index (χ2v) is 9.38. The molecule has 0 amide bonds. The molecule has 1 N–H and O–H groups in total. The second kappa shape index (κ2) is 10.6. The topological polar surface area (TPSA) is 116 Å². The Kier molecular flexibility index (Phi) is 6.70. The number of hydrogen-bond acceptors (Lipinski definition) is 9. The van der Waals surface area contributed by atoms with Crippen LogP contribution in [0.5, 0.6) is 0 Å². The zero-order valence-corrected chi connectivity index (χ0v) is 20.5. The van der Waals surface area contributed by atoms with E-state index in [0.29, 0.717) is 43.9 Å². The van der Waals surface area contributed by atoms with Crippen LogP contribution in [0.25, 0.3) is 22.4 Å². The van der Waals surface area contributed by atoms with E-state index in [4.69, 9.17) is 4.74 Å². The lowest BCUT2D eigenvalue weighted by Gasteiger charge is -2.33. The van der Waals surface area contributed by atoms with Gasteiger partial charge in [-0.05, 0) is 44.1 Å². The van der Waals surface area contributed by atoms with Crippen LogP contribution in [0.3, 0.4) is 0 Å². The fraction of sp³-hybridized carbons (Fsp3) is 0.385. The summed E-state index contributed by atoms with van der Waals surface area (Å²) in [6.45, 7) is 4.17. The normalized spacial score (nSPS) is 18.7. The van der Waals surface area contributed by atoms with Gasteiger partial charge in [0.15, 0.2) is 0 Å². The van der Waals surface area contributed by atoms with Crippen molar-refractivity contribution in [3.8, 4) is 22.4 Å². The van der Waals surface area contributed by atoms with E-state index in [1.165, 1.54) is 10.7 Å². The zero-order chi connectivity index (χ0) is 25.0. The summed E-state index contributed by atoms with van der Waals surface area (Å²) in [5.41, 5.74) is 3.35. The van der Waals surface area contributed by atoms with Gasteiger partial charge in [-0.1, -0.05) is 0 Å². The van der Waals surface area contributed by atoms with Crippen molar-refractivity contribution in [3.05, 3.63) is 71.8 Å². The zero-order valence-electron chi connectivity index (χ0n) is 20.5. The number of rotatable bonds is 6. The monoisotopic (exact) mass is 499 g/mol. The van der Waals surface area contributed by atoms with E-state index in [1.54, 1.807) is 18.5 Å². The molecule has 2 fully saturated rings. The molecule has 6 rings (SSSR count). The Morgan fingerprint density at radius 2 is 1.86 bits per heavy atom. The van der Waals surface area contributed by atoms with Crippen molar-refractivity contribution < 1.29 is 4.74 Å². The van der Waals surface area contributed by atoms with Crippen molar-refractivity contribution in [3.63, 3.8) is 0 Å². The number of morpholine rings is 1. The maximum Gasteiger partial charge on any atom is 0.266 e. The summed E-state index contributed by atoms with van der Waals surface area (Å²) in [6.07, 6.45) is 13.1. The van der Waals surface area contributed by atoms with Crippen LogP contribution in [0, 0.1) is 0 Å². The maximum absolute atomic E-state index is 12.5. The van der Waals surface area contributed by atoms with Crippen LogP contribution in [0.2, 0.25) is 0 Å². The van der Waals surface area contributed by atoms with Gasteiger partial charge in [-0.15, -0.1) is 0 Å². The molecule has 190 valence electrons. The molecule has 1 unspecified atom stereocenters. The van der Waals surface area contributed by atoms with Gasteiger partial charge in [0.2, 0.25) is 5.95 Å². The molecule has 37 heavy (non-hydrogen) atoms. The van der Waals surface area contributed by atoms with E-state index in [0.717, 1.165) is 42.6 Å². The van der Waals surface area contributed by atoms with Gasteiger partial charge in [-0.25, -0.2) is 14.6 Å². The first-order valence-corrected chi connectivity index (χ1v) is 12.7. The predicted molar refractivity (Wildman–Crippen MR) is 138 cm³/mol. The maximum atomic E-state index is 12.5. The summed E-state index contributed by atoms with van der Waals surface area (Å²) < 4.78 is 9.49. The summed E-state index contributed by atoms with van der Waals surface area (Å²) in [4.78, 5) is 28.0. The molecule has 2 aliphatic heterocycles. The number of nitrogens with one attached hydrogen (secondary N) is 1. The first kappa shape index (κ1) is 23.4. The highest BCUT2D eigenvalue weighted by molar-refractivity contribution is 5.60. The van der Waals surface area contributed by atoms with Crippen LogP contribution in [0.15, 0.2) is 66.2 Å². The highest BCUT2D eigenvalue weighted by Gasteiger charge is 2.24. The van der Waals surface area contributed by atoms with Gasteiger partial charge in [-0.2, -0.15) is 10.2 Å². The van der Waals surface area contributed by atoms with Gasteiger partial charge in [0, 0.05) is 66.8 Å². The summed E-state index contributed by atoms with van der Waals surface area (Å²) >= 11 is 0. The molecule has 6 heterocycles. The summed E-state index contributed by atoms with van der Waals surface area (Å²) in [6, 6.07) is 7.45. The van der Waals surface area contributed by atoms with Crippen molar-refractivity contribution in [1.29, 1.82) is 0 Å². The highest BCUT2D eigenvalue weighted by Crippen LogP contribution is 2.24. The lowest BCUT2D eigenvalue weighted by molar-refractivity contribution is 0.0260. The molecule has 4 aromatic heterocycles. The molecule has 2 aliphatic rings. The number of aromatic nitrogens is 7. The minimum Gasteiger partial charge on any atom is -0.373 e. The largest absolute Gasteiger partial charge is 0.373 e.